The zero-order valence-electron chi connectivity index (χ0n) is 19.1. The lowest BCUT2D eigenvalue weighted by Crippen LogP contribution is -2.09. The van der Waals surface area contributed by atoms with Crippen molar-refractivity contribution in [1.82, 2.24) is 24.5 Å². The van der Waals surface area contributed by atoms with E-state index in [1.54, 1.807) is 28.8 Å². The zero-order valence-corrected chi connectivity index (χ0v) is 19.9. The molecule has 0 radical (unpaired) electrons. The van der Waals surface area contributed by atoms with Crippen molar-refractivity contribution in [2.75, 3.05) is 5.75 Å². The minimum Gasteiger partial charge on any atom is -0.483 e. The molecule has 10 heteroatoms. The van der Waals surface area contributed by atoms with Crippen molar-refractivity contribution >= 4 is 17.5 Å². The van der Waals surface area contributed by atoms with Crippen molar-refractivity contribution in [3.05, 3.63) is 83.4 Å². The van der Waals surface area contributed by atoms with Crippen LogP contribution in [0.25, 0.3) is 5.82 Å². The second kappa shape index (κ2) is 10.1. The second-order valence-corrected chi connectivity index (χ2v) is 8.59. The number of Topliss-reactive ketones (excluding diaryl/α,β-unsaturated/α-hetero) is 1. The van der Waals surface area contributed by atoms with Crippen LogP contribution in [0.1, 0.15) is 33.3 Å². The molecule has 8 nitrogen and oxygen atoms in total. The van der Waals surface area contributed by atoms with Gasteiger partial charge < -0.3 is 9.26 Å². The number of aryl methyl sites for hydroxylation is 2. The number of carbonyl (C=O) groups is 1. The molecule has 0 spiro atoms. The molecule has 0 aliphatic rings. The molecule has 4 rings (SSSR count). The highest BCUT2D eigenvalue weighted by molar-refractivity contribution is 7.99. The van der Waals surface area contributed by atoms with Crippen molar-refractivity contribution in [1.29, 1.82) is 0 Å². The molecular formula is C24H24FN5O3S. The van der Waals surface area contributed by atoms with E-state index in [0.29, 0.717) is 34.7 Å². The second-order valence-electron chi connectivity index (χ2n) is 7.65. The number of aromatic nitrogens is 5. The molecule has 3 aromatic heterocycles. The predicted octanol–water partition coefficient (Wildman–Crippen LogP) is 4.86. The number of allylic oxidation sites excluding steroid dienone is 1. The number of carbonyl (C=O) groups excluding carboxylic acids is 1. The first-order chi connectivity index (χ1) is 16.4. The van der Waals surface area contributed by atoms with Gasteiger partial charge in [-0.25, -0.2) is 4.39 Å². The van der Waals surface area contributed by atoms with E-state index in [9.17, 15) is 9.18 Å². The fourth-order valence-corrected chi connectivity index (χ4v) is 4.46. The molecule has 0 aliphatic carbocycles. The number of benzene rings is 1. The van der Waals surface area contributed by atoms with Gasteiger partial charge in [0.2, 0.25) is 0 Å². The molecule has 0 aliphatic heterocycles. The van der Waals surface area contributed by atoms with Crippen LogP contribution in [0.2, 0.25) is 0 Å². The molecule has 34 heavy (non-hydrogen) atoms. The Bertz CT molecular complexity index is 1340. The first kappa shape index (κ1) is 23.5. The number of para-hydroxylation sites is 1. The van der Waals surface area contributed by atoms with Crippen molar-refractivity contribution < 1.29 is 18.4 Å². The molecule has 0 saturated heterocycles. The quantitative estimate of drug-likeness (QED) is 0.182. The number of ketones is 1. The molecule has 0 N–H and O–H groups in total. The Labute approximate surface area is 200 Å². The number of hydrogen-bond donors (Lipinski definition) is 0. The summed E-state index contributed by atoms with van der Waals surface area (Å²) in [6.45, 7) is 9.87. The molecule has 0 unspecified atom stereocenters. The van der Waals surface area contributed by atoms with Gasteiger partial charge in [-0.05, 0) is 39.0 Å². The first-order valence-electron chi connectivity index (χ1n) is 10.6. The minimum atomic E-state index is -0.448. The van der Waals surface area contributed by atoms with Crippen molar-refractivity contribution in [2.45, 2.75) is 39.1 Å². The van der Waals surface area contributed by atoms with E-state index < -0.39 is 5.82 Å². The lowest BCUT2D eigenvalue weighted by atomic mass is 10.2. The highest BCUT2D eigenvalue weighted by Gasteiger charge is 2.20. The zero-order chi connectivity index (χ0) is 24.2. The Balaban J connectivity index is 1.48. The Hall–Kier alpha value is -3.66. The SMILES string of the molecule is C=CCn1c(COc2ccccc2F)nnc1SCC(=O)c1cc(C)n(-c2cc(C)on2)c1C. The lowest BCUT2D eigenvalue weighted by molar-refractivity contribution is 0.102. The summed E-state index contributed by atoms with van der Waals surface area (Å²) in [5.74, 6) is 1.67. The fourth-order valence-electron chi connectivity index (χ4n) is 3.61. The van der Waals surface area contributed by atoms with E-state index in [1.807, 2.05) is 37.5 Å². The largest absolute Gasteiger partial charge is 0.483 e. The molecule has 4 aromatic rings. The Morgan fingerprint density at radius 2 is 2.03 bits per heavy atom. The normalized spacial score (nSPS) is 11.1. The predicted molar refractivity (Wildman–Crippen MR) is 126 cm³/mol. The summed E-state index contributed by atoms with van der Waals surface area (Å²) in [5.41, 5.74) is 2.30. The number of nitrogens with zero attached hydrogens (tertiary/aromatic N) is 5. The van der Waals surface area contributed by atoms with Gasteiger partial charge in [0, 0.05) is 29.6 Å². The van der Waals surface area contributed by atoms with Gasteiger partial charge in [-0.2, -0.15) is 0 Å². The third kappa shape index (κ3) is 4.81. The van der Waals surface area contributed by atoms with Gasteiger partial charge in [-0.1, -0.05) is 35.1 Å². The minimum absolute atomic E-state index is 0.0363. The number of halogens is 1. The third-order valence-corrected chi connectivity index (χ3v) is 6.17. The van der Waals surface area contributed by atoms with Crippen molar-refractivity contribution in [3.8, 4) is 11.6 Å². The average molecular weight is 482 g/mol. The molecule has 1 aromatic carbocycles. The Kier molecular flexibility index (Phi) is 6.97. The molecule has 3 heterocycles. The van der Waals surface area contributed by atoms with Gasteiger partial charge in [0.25, 0.3) is 0 Å². The molecule has 0 fully saturated rings. The molecular weight excluding hydrogens is 457 g/mol. The average Bonchev–Trinajstić information content (AvgIpc) is 3.49. The van der Waals surface area contributed by atoms with E-state index >= 15 is 0 Å². The van der Waals surface area contributed by atoms with Gasteiger partial charge in [-0.15, -0.1) is 16.8 Å². The van der Waals surface area contributed by atoms with Crippen LogP contribution in [-0.2, 0) is 13.2 Å². The maximum Gasteiger partial charge on any atom is 0.192 e. The maximum atomic E-state index is 13.9. The van der Waals surface area contributed by atoms with Crippen LogP contribution < -0.4 is 4.74 Å². The van der Waals surface area contributed by atoms with E-state index in [0.717, 1.165) is 11.4 Å². The van der Waals surface area contributed by atoms with Crippen LogP contribution >= 0.6 is 11.8 Å². The standard InChI is InChI=1S/C24H24FN5O3S/c1-5-10-29-23(13-32-21-9-7-6-8-19(21)25)26-27-24(29)34-14-20(31)18-11-15(2)30(17(18)4)22-12-16(3)33-28-22/h5-9,11-12H,1,10,13-14H2,2-4H3. The summed E-state index contributed by atoms with van der Waals surface area (Å²) in [5, 5.41) is 13.0. The summed E-state index contributed by atoms with van der Waals surface area (Å²) >= 11 is 1.28. The van der Waals surface area contributed by atoms with Gasteiger partial charge in [-0.3, -0.25) is 13.9 Å². The topological polar surface area (TPSA) is 88.0 Å². The van der Waals surface area contributed by atoms with Gasteiger partial charge >= 0.3 is 0 Å². The highest BCUT2D eigenvalue weighted by Crippen LogP contribution is 2.25. The summed E-state index contributed by atoms with van der Waals surface area (Å²) < 4.78 is 28.3. The number of thioether (sulfide) groups is 1. The van der Waals surface area contributed by atoms with Gasteiger partial charge in [0.1, 0.15) is 12.4 Å². The molecule has 0 atom stereocenters. The van der Waals surface area contributed by atoms with Gasteiger partial charge in [0.15, 0.2) is 34.1 Å². The van der Waals surface area contributed by atoms with Crippen LogP contribution in [0.5, 0.6) is 5.75 Å². The molecule has 0 bridgehead atoms. The van der Waals surface area contributed by atoms with Crippen molar-refractivity contribution in [2.24, 2.45) is 0 Å². The van der Waals surface area contributed by atoms with Crippen molar-refractivity contribution in [3.63, 3.8) is 0 Å². The van der Waals surface area contributed by atoms with E-state index in [1.165, 1.54) is 17.8 Å². The monoisotopic (exact) mass is 481 g/mol. The first-order valence-corrected chi connectivity index (χ1v) is 11.6. The van der Waals surface area contributed by atoms with Crippen LogP contribution in [0.15, 0.2) is 58.7 Å². The van der Waals surface area contributed by atoms with E-state index in [-0.39, 0.29) is 23.9 Å². The summed E-state index contributed by atoms with van der Waals surface area (Å²) in [6, 6.07) is 9.85. The smallest absolute Gasteiger partial charge is 0.192 e. The summed E-state index contributed by atoms with van der Waals surface area (Å²) in [6.07, 6.45) is 1.70. The third-order valence-electron chi connectivity index (χ3n) is 5.21. The fraction of sp³-hybridized carbons (Fsp3) is 0.250. The summed E-state index contributed by atoms with van der Waals surface area (Å²) in [4.78, 5) is 13.0. The summed E-state index contributed by atoms with van der Waals surface area (Å²) in [7, 11) is 0. The van der Waals surface area contributed by atoms with Crippen LogP contribution in [0, 0.1) is 26.6 Å². The van der Waals surface area contributed by atoms with E-state index in [2.05, 4.69) is 21.9 Å². The van der Waals surface area contributed by atoms with Crippen LogP contribution in [-0.4, -0.2) is 36.0 Å². The molecule has 0 saturated carbocycles. The van der Waals surface area contributed by atoms with E-state index in [4.69, 9.17) is 9.26 Å². The molecule has 0 amide bonds. The number of ether oxygens (including phenoxy) is 1. The van der Waals surface area contributed by atoms with Gasteiger partial charge in [0.05, 0.1) is 5.75 Å². The van der Waals surface area contributed by atoms with Crippen LogP contribution in [0.3, 0.4) is 0 Å². The number of hydrogen-bond acceptors (Lipinski definition) is 7. The van der Waals surface area contributed by atoms with Crippen LogP contribution in [0.4, 0.5) is 4.39 Å². The Morgan fingerprint density at radius 1 is 1.24 bits per heavy atom. The Morgan fingerprint density at radius 3 is 2.74 bits per heavy atom. The maximum absolute atomic E-state index is 13.9. The molecule has 176 valence electrons. The highest BCUT2D eigenvalue weighted by atomic mass is 32.2. The lowest BCUT2D eigenvalue weighted by Gasteiger charge is -2.09. The number of rotatable bonds is 10.